The summed E-state index contributed by atoms with van der Waals surface area (Å²) in [5.41, 5.74) is 22.2. The lowest BCUT2D eigenvalue weighted by molar-refractivity contribution is 0.215. The van der Waals surface area contributed by atoms with E-state index in [1.807, 2.05) is 6.92 Å². The number of hydrogen-bond donors (Lipinski definition) is 4. The lowest BCUT2D eigenvalue weighted by Crippen LogP contribution is -2.63. The third kappa shape index (κ3) is 5.21. The minimum Gasteiger partial charge on any atom is -0.330 e. The molecule has 2 atom stereocenters. The van der Waals surface area contributed by atoms with Crippen LogP contribution in [-0.2, 0) is 0 Å². The van der Waals surface area contributed by atoms with Gasteiger partial charge < -0.3 is 22.9 Å². The number of hydrogen-bond acceptors (Lipinski definition) is 4. The predicted molar refractivity (Wildman–Crippen MR) is 56.5 cm³/mol. The molecule has 0 heterocycles. The van der Waals surface area contributed by atoms with Crippen LogP contribution in [0.3, 0.4) is 0 Å². The van der Waals surface area contributed by atoms with E-state index in [0.29, 0.717) is 5.92 Å². The molecule has 0 bridgehead atoms. The van der Waals surface area contributed by atoms with Crippen molar-refractivity contribution >= 4 is 0 Å². The van der Waals surface area contributed by atoms with Gasteiger partial charge in [0.05, 0.1) is 0 Å². The Kier molecular flexibility index (Phi) is 5.48. The van der Waals surface area contributed by atoms with E-state index in [0.717, 1.165) is 25.8 Å². The number of unbranched alkanes of at least 4 members (excludes halogenated alkanes) is 1. The molecule has 13 heavy (non-hydrogen) atoms. The second-order valence-corrected chi connectivity index (χ2v) is 4.05. The molecule has 0 aromatic rings. The van der Waals surface area contributed by atoms with Crippen LogP contribution in [0.5, 0.6) is 0 Å². The highest BCUT2D eigenvalue weighted by molar-refractivity contribution is 4.79. The summed E-state index contributed by atoms with van der Waals surface area (Å²) in [7, 11) is 0. The van der Waals surface area contributed by atoms with Crippen molar-refractivity contribution < 1.29 is 0 Å². The maximum atomic E-state index is 5.61. The molecule has 0 aliphatic carbocycles. The van der Waals surface area contributed by atoms with Gasteiger partial charge >= 0.3 is 0 Å². The molecule has 0 aliphatic rings. The normalized spacial score (nSPS) is 17.1. The Bertz CT molecular complexity index is 130. The highest BCUT2D eigenvalue weighted by Crippen LogP contribution is 2.20. The zero-order valence-electron chi connectivity index (χ0n) is 8.79. The minimum atomic E-state index is -1.05. The molecule has 0 amide bonds. The van der Waals surface area contributed by atoms with Gasteiger partial charge in [-0.3, -0.25) is 0 Å². The smallest absolute Gasteiger partial charge is 0.118 e. The highest BCUT2D eigenvalue weighted by Gasteiger charge is 2.26. The highest BCUT2D eigenvalue weighted by atomic mass is 15.1. The van der Waals surface area contributed by atoms with Crippen molar-refractivity contribution in [1.82, 2.24) is 0 Å². The van der Waals surface area contributed by atoms with Crippen molar-refractivity contribution in [3.63, 3.8) is 0 Å². The fourth-order valence-corrected chi connectivity index (χ4v) is 1.35. The quantitative estimate of drug-likeness (QED) is 0.345. The molecule has 0 spiro atoms. The largest absolute Gasteiger partial charge is 0.330 e. The molecular formula is C9H24N4. The molecule has 80 valence electrons. The fourth-order valence-electron chi connectivity index (χ4n) is 1.35. The topological polar surface area (TPSA) is 104 Å². The molecule has 2 unspecified atom stereocenters. The van der Waals surface area contributed by atoms with E-state index >= 15 is 0 Å². The van der Waals surface area contributed by atoms with Crippen LogP contribution in [0.4, 0.5) is 0 Å². The molecule has 0 aromatic carbocycles. The number of rotatable bonds is 6. The first-order chi connectivity index (χ1) is 5.89. The maximum absolute atomic E-state index is 5.61. The first-order valence-electron chi connectivity index (χ1n) is 4.96. The third-order valence-corrected chi connectivity index (χ3v) is 2.76. The lowest BCUT2D eigenvalue weighted by Gasteiger charge is -2.31. The molecule has 4 heteroatoms. The van der Waals surface area contributed by atoms with Gasteiger partial charge in [-0.1, -0.05) is 26.7 Å². The predicted octanol–water partition coefficient (Wildman–Crippen LogP) is -0.0825. The molecule has 0 saturated heterocycles. The molecule has 0 saturated carbocycles. The average Bonchev–Trinajstić information content (AvgIpc) is 2.01. The first kappa shape index (κ1) is 12.8. The van der Waals surface area contributed by atoms with E-state index < -0.39 is 5.79 Å². The third-order valence-electron chi connectivity index (χ3n) is 2.76. The summed E-state index contributed by atoms with van der Waals surface area (Å²) in [5, 5.41) is 0. The molecule has 0 aromatic heterocycles. The number of nitrogens with two attached hydrogens (primary N) is 4. The van der Waals surface area contributed by atoms with Crippen molar-refractivity contribution in [3.05, 3.63) is 0 Å². The van der Waals surface area contributed by atoms with Gasteiger partial charge in [-0.15, -0.1) is 0 Å². The SMILES string of the molecule is CC(CCCCN)C(C)C(N)(N)N. The fraction of sp³-hybridized carbons (Fsp3) is 1.00. The summed E-state index contributed by atoms with van der Waals surface area (Å²) < 4.78 is 0. The Hall–Kier alpha value is -0.160. The standard InChI is InChI=1S/C9H24N4/c1-7(5-3-4-6-10)8(2)9(11,12)13/h7-8H,3-6,10-13H2,1-2H3. The Morgan fingerprint density at radius 1 is 1.08 bits per heavy atom. The van der Waals surface area contributed by atoms with Crippen LogP contribution in [0.2, 0.25) is 0 Å². The van der Waals surface area contributed by atoms with Crippen molar-refractivity contribution in [2.45, 2.75) is 38.9 Å². The monoisotopic (exact) mass is 188 g/mol. The van der Waals surface area contributed by atoms with Gasteiger partial charge in [0.25, 0.3) is 0 Å². The molecular weight excluding hydrogens is 164 g/mol. The first-order valence-corrected chi connectivity index (χ1v) is 4.96. The summed E-state index contributed by atoms with van der Waals surface area (Å²) in [5.74, 6) is -0.473. The Labute approximate surface area is 81.0 Å². The summed E-state index contributed by atoms with van der Waals surface area (Å²) in [6.45, 7) is 4.87. The van der Waals surface area contributed by atoms with Crippen LogP contribution in [0.25, 0.3) is 0 Å². The van der Waals surface area contributed by atoms with Gasteiger partial charge in [0, 0.05) is 5.92 Å². The van der Waals surface area contributed by atoms with E-state index in [4.69, 9.17) is 22.9 Å². The summed E-state index contributed by atoms with van der Waals surface area (Å²) in [6.07, 6.45) is 3.27. The second-order valence-electron chi connectivity index (χ2n) is 4.05. The van der Waals surface area contributed by atoms with Crippen LogP contribution in [0, 0.1) is 11.8 Å². The van der Waals surface area contributed by atoms with Crippen LogP contribution in [0.1, 0.15) is 33.1 Å². The van der Waals surface area contributed by atoms with Gasteiger partial charge in [-0.25, -0.2) is 0 Å². The molecule has 8 N–H and O–H groups in total. The Morgan fingerprint density at radius 3 is 2.00 bits per heavy atom. The van der Waals surface area contributed by atoms with Crippen molar-refractivity contribution in [2.75, 3.05) is 6.54 Å². The van der Waals surface area contributed by atoms with Gasteiger partial charge in [0.2, 0.25) is 0 Å². The van der Waals surface area contributed by atoms with E-state index in [9.17, 15) is 0 Å². The van der Waals surface area contributed by atoms with Crippen LogP contribution in [-0.4, -0.2) is 12.3 Å². The molecule has 4 nitrogen and oxygen atoms in total. The second kappa shape index (κ2) is 5.54. The molecule has 0 rings (SSSR count). The van der Waals surface area contributed by atoms with Crippen LogP contribution < -0.4 is 22.9 Å². The Balaban J connectivity index is 3.76. The van der Waals surface area contributed by atoms with Crippen LogP contribution >= 0.6 is 0 Å². The maximum Gasteiger partial charge on any atom is 0.118 e. The van der Waals surface area contributed by atoms with Crippen molar-refractivity contribution in [1.29, 1.82) is 0 Å². The zero-order chi connectivity index (χ0) is 10.5. The summed E-state index contributed by atoms with van der Waals surface area (Å²) >= 11 is 0. The van der Waals surface area contributed by atoms with Gasteiger partial charge in [0.15, 0.2) is 0 Å². The van der Waals surface area contributed by atoms with Crippen molar-refractivity contribution in [2.24, 2.45) is 34.8 Å². The van der Waals surface area contributed by atoms with Crippen molar-refractivity contribution in [3.8, 4) is 0 Å². The van der Waals surface area contributed by atoms with Crippen LogP contribution in [0.15, 0.2) is 0 Å². The molecule has 0 radical (unpaired) electrons. The molecule has 0 fully saturated rings. The van der Waals surface area contributed by atoms with Gasteiger partial charge in [-0.05, 0) is 18.9 Å². The Morgan fingerprint density at radius 2 is 1.62 bits per heavy atom. The zero-order valence-corrected chi connectivity index (χ0v) is 8.79. The average molecular weight is 188 g/mol. The van der Waals surface area contributed by atoms with Gasteiger partial charge in [0.1, 0.15) is 5.79 Å². The van der Waals surface area contributed by atoms with E-state index in [1.54, 1.807) is 0 Å². The van der Waals surface area contributed by atoms with Gasteiger partial charge in [-0.2, -0.15) is 0 Å². The van der Waals surface area contributed by atoms with E-state index in [1.165, 1.54) is 0 Å². The molecule has 0 aliphatic heterocycles. The van der Waals surface area contributed by atoms with E-state index in [2.05, 4.69) is 6.92 Å². The lowest BCUT2D eigenvalue weighted by atomic mass is 9.86. The summed E-state index contributed by atoms with van der Waals surface area (Å²) in [6, 6.07) is 0. The minimum absolute atomic E-state index is 0.130. The summed E-state index contributed by atoms with van der Waals surface area (Å²) in [4.78, 5) is 0. The van der Waals surface area contributed by atoms with E-state index in [-0.39, 0.29) is 5.92 Å².